The summed E-state index contributed by atoms with van der Waals surface area (Å²) in [4.78, 5) is 26.6. The number of fused-ring (bicyclic) bond motifs is 2. The Morgan fingerprint density at radius 3 is 2.56 bits per heavy atom. The highest BCUT2D eigenvalue weighted by Crippen LogP contribution is 2.52. The second kappa shape index (κ2) is 6.47. The van der Waals surface area contributed by atoms with Crippen LogP contribution in [0.1, 0.15) is 62.0 Å². The number of nitrogens with zero attached hydrogens (tertiary/aromatic N) is 1. The van der Waals surface area contributed by atoms with Gasteiger partial charge in [0, 0.05) is 32.5 Å². The Kier molecular flexibility index (Phi) is 4.30. The van der Waals surface area contributed by atoms with Crippen molar-refractivity contribution in [2.24, 2.45) is 5.92 Å². The maximum Gasteiger partial charge on any atom is 0.225 e. The Labute approximate surface area is 150 Å². The number of amides is 2. The molecule has 0 aromatic heterocycles. The van der Waals surface area contributed by atoms with E-state index in [2.05, 4.69) is 34.5 Å². The van der Waals surface area contributed by atoms with Crippen molar-refractivity contribution in [3.63, 3.8) is 0 Å². The van der Waals surface area contributed by atoms with E-state index < -0.39 is 0 Å². The molecule has 3 aliphatic rings. The smallest absolute Gasteiger partial charge is 0.225 e. The van der Waals surface area contributed by atoms with Gasteiger partial charge in [-0.15, -0.1) is 0 Å². The van der Waals surface area contributed by atoms with Gasteiger partial charge in [-0.05, 0) is 54.6 Å². The lowest BCUT2D eigenvalue weighted by molar-refractivity contribution is -0.139. The van der Waals surface area contributed by atoms with Gasteiger partial charge in [0.25, 0.3) is 0 Å². The number of likely N-dealkylation sites (tertiary alicyclic amines) is 1. The molecule has 2 amide bonds. The van der Waals surface area contributed by atoms with E-state index in [4.69, 9.17) is 0 Å². The van der Waals surface area contributed by atoms with E-state index in [1.54, 1.807) is 7.05 Å². The molecule has 1 aromatic carbocycles. The largest absolute Gasteiger partial charge is 0.359 e. The summed E-state index contributed by atoms with van der Waals surface area (Å²) in [6.45, 7) is 1.74. The number of nitrogens with one attached hydrogen (secondary N) is 1. The molecule has 1 aromatic rings. The first-order valence-corrected chi connectivity index (χ1v) is 9.72. The summed E-state index contributed by atoms with van der Waals surface area (Å²) >= 11 is 0. The zero-order valence-corrected chi connectivity index (χ0v) is 15.1. The van der Waals surface area contributed by atoms with Crippen LogP contribution in [0.15, 0.2) is 24.3 Å². The second-order valence-electron chi connectivity index (χ2n) is 8.10. The zero-order valence-electron chi connectivity index (χ0n) is 15.1. The van der Waals surface area contributed by atoms with Crippen molar-refractivity contribution < 1.29 is 9.59 Å². The number of hydrogen-bond donors (Lipinski definition) is 1. The van der Waals surface area contributed by atoms with Crippen LogP contribution in [0.4, 0.5) is 0 Å². The van der Waals surface area contributed by atoms with Crippen molar-refractivity contribution in [2.45, 2.75) is 56.3 Å². The fourth-order valence-electron chi connectivity index (χ4n) is 5.08. The third-order valence-corrected chi connectivity index (χ3v) is 6.81. The van der Waals surface area contributed by atoms with E-state index in [1.165, 1.54) is 17.5 Å². The Bertz CT molecular complexity index is 672. The fraction of sp³-hybridized carbons (Fsp3) is 0.619. The highest BCUT2D eigenvalue weighted by molar-refractivity contribution is 5.80. The molecule has 4 rings (SSSR count). The molecular formula is C21H28N2O2. The highest BCUT2D eigenvalue weighted by atomic mass is 16.2. The summed E-state index contributed by atoms with van der Waals surface area (Å²) < 4.78 is 0. The minimum Gasteiger partial charge on any atom is -0.359 e. The minimum absolute atomic E-state index is 0.120. The van der Waals surface area contributed by atoms with Gasteiger partial charge in [-0.3, -0.25) is 9.59 Å². The molecule has 1 atom stereocenters. The number of benzene rings is 1. The number of piperidine rings is 1. The third-order valence-electron chi connectivity index (χ3n) is 6.81. The summed E-state index contributed by atoms with van der Waals surface area (Å²) in [5.41, 5.74) is 2.94. The third kappa shape index (κ3) is 2.86. The maximum absolute atomic E-state index is 12.6. The van der Waals surface area contributed by atoms with Gasteiger partial charge in [-0.2, -0.15) is 0 Å². The lowest BCUT2D eigenvalue weighted by atomic mass is 9.72. The quantitative estimate of drug-likeness (QED) is 0.920. The standard InChI is InChI=1S/C21H28N2O2/c1-22-19(24)13-16-14-21(18-8-3-2-7-17(16)18)9-11-23(12-10-21)20(25)15-5-4-6-15/h2-3,7-8,15-16H,4-6,9-14H2,1H3,(H,22,24). The first-order chi connectivity index (χ1) is 12.1. The molecule has 1 heterocycles. The van der Waals surface area contributed by atoms with Gasteiger partial charge in [-0.25, -0.2) is 0 Å². The predicted molar refractivity (Wildman–Crippen MR) is 97.3 cm³/mol. The van der Waals surface area contributed by atoms with Crippen LogP contribution in [-0.4, -0.2) is 36.9 Å². The SMILES string of the molecule is CNC(=O)CC1CC2(CCN(C(=O)C3CCC3)CC2)c2ccccc21. The molecule has 1 aliphatic heterocycles. The van der Waals surface area contributed by atoms with E-state index in [0.29, 0.717) is 24.2 Å². The Balaban J connectivity index is 1.51. The molecule has 2 aliphatic carbocycles. The van der Waals surface area contributed by atoms with Crippen molar-refractivity contribution in [1.82, 2.24) is 10.2 Å². The Hall–Kier alpha value is -1.84. The van der Waals surface area contributed by atoms with Gasteiger partial charge in [-0.1, -0.05) is 30.7 Å². The first kappa shape index (κ1) is 16.6. The van der Waals surface area contributed by atoms with Gasteiger partial charge in [0.05, 0.1) is 0 Å². The number of carbonyl (C=O) groups is 2. The summed E-state index contributed by atoms with van der Waals surface area (Å²) in [5.74, 6) is 1.11. The first-order valence-electron chi connectivity index (χ1n) is 9.72. The van der Waals surface area contributed by atoms with Gasteiger partial charge in [0.1, 0.15) is 0 Å². The van der Waals surface area contributed by atoms with Crippen LogP contribution in [0.5, 0.6) is 0 Å². The average Bonchev–Trinajstić information content (AvgIpc) is 2.88. The Morgan fingerprint density at radius 1 is 1.20 bits per heavy atom. The van der Waals surface area contributed by atoms with Crippen LogP contribution in [0, 0.1) is 5.92 Å². The molecule has 4 nitrogen and oxygen atoms in total. The van der Waals surface area contributed by atoms with E-state index in [-0.39, 0.29) is 11.3 Å². The summed E-state index contributed by atoms with van der Waals surface area (Å²) in [6, 6.07) is 8.66. The minimum atomic E-state index is 0.120. The number of hydrogen-bond acceptors (Lipinski definition) is 2. The zero-order chi connectivity index (χ0) is 17.4. The molecule has 25 heavy (non-hydrogen) atoms. The van der Waals surface area contributed by atoms with Gasteiger partial charge >= 0.3 is 0 Å². The average molecular weight is 340 g/mol. The fourth-order valence-corrected chi connectivity index (χ4v) is 5.08. The lowest BCUT2D eigenvalue weighted by Crippen LogP contribution is -2.47. The van der Waals surface area contributed by atoms with E-state index in [9.17, 15) is 9.59 Å². The lowest BCUT2D eigenvalue weighted by Gasteiger charge is -2.42. The van der Waals surface area contributed by atoms with Crippen molar-refractivity contribution in [3.05, 3.63) is 35.4 Å². The van der Waals surface area contributed by atoms with E-state index >= 15 is 0 Å². The van der Waals surface area contributed by atoms with Crippen LogP contribution in [0.25, 0.3) is 0 Å². The monoisotopic (exact) mass is 340 g/mol. The van der Waals surface area contributed by atoms with Crippen LogP contribution in [0.2, 0.25) is 0 Å². The van der Waals surface area contributed by atoms with Gasteiger partial charge in [0.2, 0.25) is 11.8 Å². The summed E-state index contributed by atoms with van der Waals surface area (Å²) in [6.07, 6.45) is 7.06. The molecule has 0 radical (unpaired) electrons. The molecule has 2 fully saturated rings. The molecule has 4 heteroatoms. The molecule has 1 unspecified atom stereocenters. The van der Waals surface area contributed by atoms with Crippen LogP contribution < -0.4 is 5.32 Å². The topological polar surface area (TPSA) is 49.4 Å². The number of carbonyl (C=O) groups excluding carboxylic acids is 2. The Morgan fingerprint density at radius 2 is 1.92 bits per heavy atom. The van der Waals surface area contributed by atoms with Crippen molar-refractivity contribution in [3.8, 4) is 0 Å². The molecule has 1 saturated heterocycles. The highest BCUT2D eigenvalue weighted by Gasteiger charge is 2.46. The summed E-state index contributed by atoms with van der Waals surface area (Å²) in [7, 11) is 1.71. The molecular weight excluding hydrogens is 312 g/mol. The predicted octanol–water partition coefficient (Wildman–Crippen LogP) is 2.97. The van der Waals surface area contributed by atoms with Crippen LogP contribution >= 0.6 is 0 Å². The van der Waals surface area contributed by atoms with Crippen LogP contribution in [-0.2, 0) is 15.0 Å². The molecule has 1 saturated carbocycles. The van der Waals surface area contributed by atoms with Crippen LogP contribution in [0.3, 0.4) is 0 Å². The molecule has 134 valence electrons. The normalized spacial score (nSPS) is 24.7. The number of rotatable bonds is 3. The van der Waals surface area contributed by atoms with E-state index in [0.717, 1.165) is 45.2 Å². The second-order valence-corrected chi connectivity index (χ2v) is 8.10. The van der Waals surface area contributed by atoms with Crippen molar-refractivity contribution in [1.29, 1.82) is 0 Å². The molecule has 1 spiro atoms. The van der Waals surface area contributed by atoms with E-state index in [1.807, 2.05) is 0 Å². The molecule has 1 N–H and O–H groups in total. The van der Waals surface area contributed by atoms with Gasteiger partial charge < -0.3 is 10.2 Å². The van der Waals surface area contributed by atoms with Crippen molar-refractivity contribution >= 4 is 11.8 Å². The van der Waals surface area contributed by atoms with Crippen molar-refractivity contribution in [2.75, 3.05) is 20.1 Å². The molecule has 0 bridgehead atoms. The van der Waals surface area contributed by atoms with Gasteiger partial charge in [0.15, 0.2) is 0 Å². The summed E-state index contributed by atoms with van der Waals surface area (Å²) in [5, 5.41) is 2.77. The maximum atomic E-state index is 12.6.